The molecule has 0 saturated carbocycles. The van der Waals surface area contributed by atoms with Gasteiger partial charge in [-0.3, -0.25) is 0 Å². The minimum absolute atomic E-state index is 0.966. The predicted octanol–water partition coefficient (Wildman–Crippen LogP) is 3.63. The fourth-order valence-corrected chi connectivity index (χ4v) is 0.839. The first-order chi connectivity index (χ1) is 5.28. The van der Waals surface area contributed by atoms with Gasteiger partial charge in [-0.25, -0.2) is 0 Å². The van der Waals surface area contributed by atoms with Gasteiger partial charge in [-0.2, -0.15) is 0 Å². The summed E-state index contributed by atoms with van der Waals surface area (Å²) in [6.45, 7) is 8.19. The molecule has 11 heavy (non-hydrogen) atoms. The molecule has 0 heterocycles. The molecule has 1 nitrogen and oxygen atoms in total. The highest BCUT2D eigenvalue weighted by molar-refractivity contribution is 4.99. The molecule has 0 spiro atoms. The van der Waals surface area contributed by atoms with E-state index in [2.05, 4.69) is 13.8 Å². The minimum Gasteiger partial charge on any atom is -0.467 e. The zero-order chi connectivity index (χ0) is 8.69. The maximum absolute atomic E-state index is 5.57. The van der Waals surface area contributed by atoms with Crippen LogP contribution in [0.1, 0.15) is 40.5 Å². The van der Waals surface area contributed by atoms with Gasteiger partial charge in [-0.15, -0.1) is 0 Å². The van der Waals surface area contributed by atoms with Crippen LogP contribution in [0.4, 0.5) is 0 Å². The van der Waals surface area contributed by atoms with E-state index in [1.165, 1.54) is 0 Å². The van der Waals surface area contributed by atoms with Gasteiger partial charge in [0.15, 0.2) is 0 Å². The highest BCUT2D eigenvalue weighted by Crippen LogP contribution is 2.11. The van der Waals surface area contributed by atoms with Crippen LogP contribution >= 0.6 is 0 Å². The van der Waals surface area contributed by atoms with E-state index in [4.69, 9.17) is 4.74 Å². The highest BCUT2D eigenvalue weighted by atomic mass is 16.5. The van der Waals surface area contributed by atoms with E-state index >= 15 is 0 Å². The van der Waals surface area contributed by atoms with E-state index in [1.807, 2.05) is 26.0 Å². The molecule has 0 aromatic heterocycles. The van der Waals surface area contributed by atoms with Crippen molar-refractivity contribution < 1.29 is 4.74 Å². The first-order valence-electron chi connectivity index (χ1n) is 4.26. The second kappa shape index (κ2) is 6.02. The van der Waals surface area contributed by atoms with E-state index in [0.29, 0.717) is 0 Å². The van der Waals surface area contributed by atoms with Crippen LogP contribution in [0.2, 0.25) is 0 Å². The maximum atomic E-state index is 5.57. The van der Waals surface area contributed by atoms with Crippen molar-refractivity contribution in [2.75, 3.05) is 0 Å². The summed E-state index contributed by atoms with van der Waals surface area (Å²) in [5, 5.41) is 0. The highest BCUT2D eigenvalue weighted by Gasteiger charge is 1.96. The molecule has 1 heteroatoms. The van der Waals surface area contributed by atoms with E-state index in [1.54, 1.807) is 0 Å². The number of rotatable bonds is 4. The van der Waals surface area contributed by atoms with E-state index in [-0.39, 0.29) is 0 Å². The molecular weight excluding hydrogens is 136 g/mol. The average molecular weight is 154 g/mol. The molecule has 0 aromatic rings. The van der Waals surface area contributed by atoms with Gasteiger partial charge in [0.05, 0.1) is 11.5 Å². The lowest BCUT2D eigenvalue weighted by atomic mass is 10.3. The minimum atomic E-state index is 0.966. The van der Waals surface area contributed by atoms with Crippen LogP contribution in [0.25, 0.3) is 0 Å². The van der Waals surface area contributed by atoms with Gasteiger partial charge in [0.2, 0.25) is 0 Å². The average Bonchev–Trinajstić information content (AvgIpc) is 2.07. The number of allylic oxidation sites excluding steroid dienone is 4. The number of ether oxygens (including phenoxy) is 1. The number of hydrogen-bond acceptors (Lipinski definition) is 1. The molecule has 0 fully saturated rings. The van der Waals surface area contributed by atoms with Crippen molar-refractivity contribution in [3.8, 4) is 0 Å². The molecule has 0 bridgehead atoms. The Balaban J connectivity index is 4.00. The quantitative estimate of drug-likeness (QED) is 0.562. The first-order valence-corrected chi connectivity index (χ1v) is 4.26. The lowest BCUT2D eigenvalue weighted by molar-refractivity contribution is 0.282. The largest absolute Gasteiger partial charge is 0.467 e. The molecule has 0 N–H and O–H groups in total. The summed E-state index contributed by atoms with van der Waals surface area (Å²) in [7, 11) is 0. The first kappa shape index (κ1) is 10.3. The Labute approximate surface area is 69.8 Å². The summed E-state index contributed by atoms with van der Waals surface area (Å²) in [6, 6.07) is 0. The van der Waals surface area contributed by atoms with Crippen LogP contribution in [-0.4, -0.2) is 0 Å². The van der Waals surface area contributed by atoms with E-state index in [9.17, 15) is 0 Å². The summed E-state index contributed by atoms with van der Waals surface area (Å²) in [5.41, 5.74) is 0. The summed E-state index contributed by atoms with van der Waals surface area (Å²) in [4.78, 5) is 0. The Morgan fingerprint density at radius 1 is 1.00 bits per heavy atom. The van der Waals surface area contributed by atoms with Gasteiger partial charge in [-0.1, -0.05) is 13.8 Å². The van der Waals surface area contributed by atoms with E-state index in [0.717, 1.165) is 24.4 Å². The molecule has 0 radical (unpaired) electrons. The van der Waals surface area contributed by atoms with Crippen LogP contribution in [0.3, 0.4) is 0 Å². The van der Waals surface area contributed by atoms with Crippen molar-refractivity contribution in [3.63, 3.8) is 0 Å². The van der Waals surface area contributed by atoms with Gasteiger partial charge in [0.1, 0.15) is 0 Å². The second-order valence-electron chi connectivity index (χ2n) is 2.32. The topological polar surface area (TPSA) is 9.23 Å². The van der Waals surface area contributed by atoms with Crippen LogP contribution in [0.5, 0.6) is 0 Å². The van der Waals surface area contributed by atoms with Gasteiger partial charge in [-0.05, 0) is 26.0 Å². The summed E-state index contributed by atoms with van der Waals surface area (Å²) < 4.78 is 5.57. The van der Waals surface area contributed by atoms with Gasteiger partial charge in [0.25, 0.3) is 0 Å². The number of hydrogen-bond donors (Lipinski definition) is 0. The second-order valence-corrected chi connectivity index (χ2v) is 2.32. The summed E-state index contributed by atoms with van der Waals surface area (Å²) in [6.07, 6.45) is 5.96. The van der Waals surface area contributed by atoms with Crippen molar-refractivity contribution in [1.29, 1.82) is 0 Å². The summed E-state index contributed by atoms with van der Waals surface area (Å²) in [5.74, 6) is 2.11. The molecule has 0 rings (SSSR count). The third-order valence-corrected chi connectivity index (χ3v) is 1.60. The van der Waals surface area contributed by atoms with Crippen molar-refractivity contribution in [3.05, 3.63) is 23.7 Å². The standard InChI is InChI=1S/C10H18O/c1-5-9(6-2)11-10(7-3)8-4/h5,7H,6,8H2,1-4H3/b9-5-,10-7-. The van der Waals surface area contributed by atoms with Crippen molar-refractivity contribution in [1.82, 2.24) is 0 Å². The molecule has 64 valence electrons. The van der Waals surface area contributed by atoms with E-state index < -0.39 is 0 Å². The third kappa shape index (κ3) is 3.87. The van der Waals surface area contributed by atoms with Crippen molar-refractivity contribution >= 4 is 0 Å². The Kier molecular flexibility index (Phi) is 5.63. The predicted molar refractivity (Wildman–Crippen MR) is 49.2 cm³/mol. The Bertz CT molecular complexity index is 136. The molecule has 0 amide bonds. The normalized spacial score (nSPS) is 13.5. The Morgan fingerprint density at radius 2 is 1.36 bits per heavy atom. The summed E-state index contributed by atoms with van der Waals surface area (Å²) >= 11 is 0. The monoisotopic (exact) mass is 154 g/mol. The van der Waals surface area contributed by atoms with Crippen LogP contribution < -0.4 is 0 Å². The SMILES string of the molecule is C/C=C(/CC)O/C(=C\C)CC. The maximum Gasteiger partial charge on any atom is 0.0990 e. The molecule has 0 atom stereocenters. The fraction of sp³-hybridized carbons (Fsp3) is 0.600. The zero-order valence-corrected chi connectivity index (χ0v) is 7.98. The Hall–Kier alpha value is -0.720. The molecule has 0 aliphatic rings. The molecular formula is C10H18O. The molecule has 0 unspecified atom stereocenters. The third-order valence-electron chi connectivity index (χ3n) is 1.60. The lowest BCUT2D eigenvalue weighted by Crippen LogP contribution is -1.90. The molecule has 0 saturated heterocycles. The van der Waals surface area contributed by atoms with Gasteiger partial charge >= 0.3 is 0 Å². The van der Waals surface area contributed by atoms with Crippen LogP contribution in [0.15, 0.2) is 23.7 Å². The van der Waals surface area contributed by atoms with Gasteiger partial charge in [0, 0.05) is 12.8 Å². The van der Waals surface area contributed by atoms with Gasteiger partial charge < -0.3 is 4.74 Å². The molecule has 0 aromatic carbocycles. The molecule has 0 aliphatic heterocycles. The zero-order valence-electron chi connectivity index (χ0n) is 7.98. The fourth-order valence-electron chi connectivity index (χ4n) is 0.839. The smallest absolute Gasteiger partial charge is 0.0990 e. The lowest BCUT2D eigenvalue weighted by Gasteiger charge is -2.08. The van der Waals surface area contributed by atoms with Crippen LogP contribution in [-0.2, 0) is 4.74 Å². The van der Waals surface area contributed by atoms with Crippen molar-refractivity contribution in [2.24, 2.45) is 0 Å². The molecule has 0 aliphatic carbocycles. The Morgan fingerprint density at radius 3 is 1.55 bits per heavy atom. The van der Waals surface area contributed by atoms with Crippen LogP contribution in [0, 0.1) is 0 Å². The van der Waals surface area contributed by atoms with Crippen molar-refractivity contribution in [2.45, 2.75) is 40.5 Å².